The Kier molecular flexibility index (Phi) is 7.79. The molecule has 0 unspecified atom stereocenters. The van der Waals surface area contributed by atoms with Crippen LogP contribution in [0.1, 0.15) is 38.2 Å². The third kappa shape index (κ3) is 5.40. The summed E-state index contributed by atoms with van der Waals surface area (Å²) in [6, 6.07) is 2.79. The summed E-state index contributed by atoms with van der Waals surface area (Å²) in [6.45, 7) is 5.20. The lowest BCUT2D eigenvalue weighted by Gasteiger charge is -2.39. The summed E-state index contributed by atoms with van der Waals surface area (Å²) in [7, 11) is -2.31. The van der Waals surface area contributed by atoms with Crippen LogP contribution in [-0.2, 0) is 21.0 Å². The molecule has 0 N–H and O–H groups in total. The van der Waals surface area contributed by atoms with E-state index in [-0.39, 0.29) is 31.0 Å². The van der Waals surface area contributed by atoms with Gasteiger partial charge in [-0.25, -0.2) is 8.42 Å². The van der Waals surface area contributed by atoms with Crippen LogP contribution in [0.15, 0.2) is 23.1 Å². The normalized spacial score (nSPS) is 20.4. The molecular weight excluding hydrogens is 467 g/mol. The molecule has 0 aromatic heterocycles. The van der Waals surface area contributed by atoms with Gasteiger partial charge in [0, 0.05) is 45.2 Å². The molecule has 0 bridgehead atoms. The molecule has 1 amide bonds. The lowest BCUT2D eigenvalue weighted by atomic mass is 9.94. The Bertz CT molecular complexity index is 926. The van der Waals surface area contributed by atoms with Gasteiger partial charge in [-0.3, -0.25) is 4.79 Å². The van der Waals surface area contributed by atoms with Gasteiger partial charge in [0.2, 0.25) is 15.9 Å². The highest BCUT2D eigenvalue weighted by atomic mass is 35.5. The van der Waals surface area contributed by atoms with E-state index in [4.69, 9.17) is 11.6 Å². The van der Waals surface area contributed by atoms with E-state index < -0.39 is 31.7 Å². The van der Waals surface area contributed by atoms with Gasteiger partial charge in [0.15, 0.2) is 0 Å². The van der Waals surface area contributed by atoms with Crippen LogP contribution in [-0.4, -0.2) is 74.2 Å². The number of sulfonamides is 1. The second-order valence-electron chi connectivity index (χ2n) is 8.43. The molecule has 1 aromatic carbocycles. The molecule has 2 aliphatic rings. The van der Waals surface area contributed by atoms with Gasteiger partial charge in [-0.15, -0.1) is 0 Å². The van der Waals surface area contributed by atoms with Crippen molar-refractivity contribution in [3.05, 3.63) is 28.8 Å². The fraction of sp³-hybridized carbons (Fsp3) is 0.667. The number of likely N-dealkylation sites (tertiary alicyclic amines) is 1. The minimum atomic E-state index is -4.75. The summed E-state index contributed by atoms with van der Waals surface area (Å²) >= 11 is 5.61. The van der Waals surface area contributed by atoms with Crippen LogP contribution >= 0.6 is 11.6 Å². The molecule has 32 heavy (non-hydrogen) atoms. The Morgan fingerprint density at radius 2 is 1.72 bits per heavy atom. The topological polar surface area (TPSA) is 60.9 Å². The van der Waals surface area contributed by atoms with Crippen molar-refractivity contribution in [1.82, 2.24) is 14.1 Å². The second kappa shape index (κ2) is 9.87. The van der Waals surface area contributed by atoms with Crippen LogP contribution in [0.5, 0.6) is 0 Å². The number of benzene rings is 1. The second-order valence-corrected chi connectivity index (χ2v) is 10.8. The van der Waals surface area contributed by atoms with Gasteiger partial charge in [-0.2, -0.15) is 17.5 Å². The predicted molar refractivity (Wildman–Crippen MR) is 116 cm³/mol. The zero-order valence-corrected chi connectivity index (χ0v) is 19.8. The number of rotatable bonds is 5. The quantitative estimate of drug-likeness (QED) is 0.625. The average Bonchev–Trinajstić information content (AvgIpc) is 2.77. The third-order valence-electron chi connectivity index (χ3n) is 6.58. The van der Waals surface area contributed by atoms with Crippen molar-refractivity contribution < 1.29 is 26.4 Å². The minimum absolute atomic E-state index is 0.0165. The predicted octanol–water partition coefficient (Wildman–Crippen LogP) is 3.70. The van der Waals surface area contributed by atoms with E-state index in [0.717, 1.165) is 48.9 Å². The van der Waals surface area contributed by atoms with Gasteiger partial charge in [0.25, 0.3) is 0 Å². The summed E-state index contributed by atoms with van der Waals surface area (Å²) in [5.74, 6) is -0.269. The molecule has 6 nitrogen and oxygen atoms in total. The van der Waals surface area contributed by atoms with Gasteiger partial charge in [0.05, 0.1) is 15.5 Å². The summed E-state index contributed by atoms with van der Waals surface area (Å²) in [6.07, 6.45) is -2.23. The molecule has 0 radical (unpaired) electrons. The highest BCUT2D eigenvalue weighted by Crippen LogP contribution is 2.37. The van der Waals surface area contributed by atoms with Crippen molar-refractivity contribution in [1.29, 1.82) is 0 Å². The van der Waals surface area contributed by atoms with Crippen molar-refractivity contribution in [2.24, 2.45) is 5.92 Å². The molecule has 2 fully saturated rings. The highest BCUT2D eigenvalue weighted by Gasteiger charge is 2.38. The Morgan fingerprint density at radius 3 is 2.25 bits per heavy atom. The minimum Gasteiger partial charge on any atom is -0.342 e. The van der Waals surface area contributed by atoms with Gasteiger partial charge in [0.1, 0.15) is 0 Å². The van der Waals surface area contributed by atoms with Crippen LogP contribution in [0.2, 0.25) is 5.02 Å². The first-order valence-electron chi connectivity index (χ1n) is 10.8. The largest absolute Gasteiger partial charge is 0.417 e. The van der Waals surface area contributed by atoms with Gasteiger partial charge < -0.3 is 9.80 Å². The summed E-state index contributed by atoms with van der Waals surface area (Å²) in [4.78, 5) is 16.7. The standard InChI is InChI=1S/C21H29ClF3N3O3S/c1-3-27-10-8-16(9-11-27)26(2)20(29)15-6-12-28(13-7-15)32(30,31)17-4-5-19(22)18(14-17)21(23,24)25/h4-5,14-16H,3,6-13H2,1-2H3. The van der Waals surface area contributed by atoms with Crippen LogP contribution in [0, 0.1) is 5.92 Å². The van der Waals surface area contributed by atoms with E-state index in [1.807, 2.05) is 7.05 Å². The molecule has 0 spiro atoms. The van der Waals surface area contributed by atoms with Crippen LogP contribution in [0.25, 0.3) is 0 Å². The SMILES string of the molecule is CCN1CCC(N(C)C(=O)C2CCN(S(=O)(=O)c3ccc(Cl)c(C(F)(F)F)c3)CC2)CC1. The molecule has 0 saturated carbocycles. The Balaban J connectivity index is 1.63. The monoisotopic (exact) mass is 495 g/mol. The zero-order chi connectivity index (χ0) is 23.7. The van der Waals surface area contributed by atoms with E-state index >= 15 is 0 Å². The lowest BCUT2D eigenvalue weighted by Crippen LogP contribution is -2.49. The number of amides is 1. The summed E-state index contributed by atoms with van der Waals surface area (Å²) < 4.78 is 66.4. The molecular formula is C21H29ClF3N3O3S. The van der Waals surface area contributed by atoms with E-state index in [9.17, 15) is 26.4 Å². The van der Waals surface area contributed by atoms with Crippen molar-refractivity contribution in [2.45, 2.75) is 49.7 Å². The van der Waals surface area contributed by atoms with Crippen molar-refractivity contribution >= 4 is 27.5 Å². The van der Waals surface area contributed by atoms with Gasteiger partial charge >= 0.3 is 6.18 Å². The first-order valence-corrected chi connectivity index (χ1v) is 12.6. The van der Waals surface area contributed by atoms with E-state index in [2.05, 4.69) is 11.8 Å². The van der Waals surface area contributed by atoms with Crippen molar-refractivity contribution in [3.63, 3.8) is 0 Å². The Hall–Kier alpha value is -1.36. The molecule has 1 aromatic rings. The molecule has 0 aliphatic carbocycles. The third-order valence-corrected chi connectivity index (χ3v) is 8.81. The maximum atomic E-state index is 13.1. The number of nitrogens with zero attached hydrogens (tertiary/aromatic N) is 3. The molecule has 3 rings (SSSR count). The maximum absolute atomic E-state index is 13.1. The molecule has 2 heterocycles. The van der Waals surface area contributed by atoms with Crippen LogP contribution < -0.4 is 0 Å². The number of halogens is 4. The Labute approximate surface area is 192 Å². The van der Waals surface area contributed by atoms with Crippen molar-refractivity contribution in [2.75, 3.05) is 39.8 Å². The first kappa shape index (κ1) is 25.3. The highest BCUT2D eigenvalue weighted by molar-refractivity contribution is 7.89. The van der Waals surface area contributed by atoms with Crippen molar-refractivity contribution in [3.8, 4) is 0 Å². The fourth-order valence-electron chi connectivity index (χ4n) is 4.47. The average molecular weight is 496 g/mol. The number of carbonyl (C=O) groups excluding carboxylic acids is 1. The fourth-order valence-corrected chi connectivity index (χ4v) is 6.19. The molecule has 11 heteroatoms. The Morgan fingerprint density at radius 1 is 1.12 bits per heavy atom. The summed E-state index contributed by atoms with van der Waals surface area (Å²) in [5, 5.41) is -0.548. The number of piperidine rings is 2. The van der Waals surface area contributed by atoms with E-state index in [1.165, 1.54) is 0 Å². The molecule has 0 atom stereocenters. The zero-order valence-electron chi connectivity index (χ0n) is 18.2. The van der Waals surface area contributed by atoms with Gasteiger partial charge in [-0.05, 0) is 50.4 Å². The maximum Gasteiger partial charge on any atom is 0.417 e. The van der Waals surface area contributed by atoms with E-state index in [0.29, 0.717) is 18.9 Å². The lowest BCUT2D eigenvalue weighted by molar-refractivity contribution is -0.139. The molecule has 2 aliphatic heterocycles. The van der Waals surface area contributed by atoms with Crippen LogP contribution in [0.4, 0.5) is 13.2 Å². The number of hydrogen-bond donors (Lipinski definition) is 0. The van der Waals surface area contributed by atoms with Crippen LogP contribution in [0.3, 0.4) is 0 Å². The number of alkyl halides is 3. The molecule has 2 saturated heterocycles. The smallest absolute Gasteiger partial charge is 0.342 e. The summed E-state index contributed by atoms with van der Waals surface area (Å²) in [5.41, 5.74) is -1.18. The van der Waals surface area contributed by atoms with Gasteiger partial charge in [-0.1, -0.05) is 18.5 Å². The number of carbonyl (C=O) groups is 1. The number of hydrogen-bond acceptors (Lipinski definition) is 4. The molecule has 180 valence electrons. The van der Waals surface area contributed by atoms with E-state index in [1.54, 1.807) is 4.90 Å². The first-order chi connectivity index (χ1) is 14.9.